The molecule has 1 saturated carbocycles. The zero-order chi connectivity index (χ0) is 12.8. The van der Waals surface area contributed by atoms with Crippen LogP contribution in [0.25, 0.3) is 0 Å². The number of halogens is 1. The first-order chi connectivity index (χ1) is 8.63. The van der Waals surface area contributed by atoms with Crippen LogP contribution in [-0.2, 0) is 5.41 Å². The van der Waals surface area contributed by atoms with Crippen LogP contribution in [0.3, 0.4) is 0 Å². The average molecular weight is 244 g/mol. The van der Waals surface area contributed by atoms with Crippen molar-refractivity contribution in [3.63, 3.8) is 0 Å². The van der Waals surface area contributed by atoms with Crippen LogP contribution < -0.4 is 5.56 Å². The summed E-state index contributed by atoms with van der Waals surface area (Å²) in [4.78, 5) is 18.3. The van der Waals surface area contributed by atoms with E-state index in [-0.39, 0.29) is 11.1 Å². The van der Waals surface area contributed by atoms with Crippen LogP contribution in [0.5, 0.6) is 0 Å². The van der Waals surface area contributed by atoms with E-state index in [9.17, 15) is 9.18 Å². The highest BCUT2D eigenvalue weighted by Gasteiger charge is 2.48. The van der Waals surface area contributed by atoms with E-state index in [0.29, 0.717) is 5.82 Å². The van der Waals surface area contributed by atoms with Crippen LogP contribution >= 0.6 is 0 Å². The van der Waals surface area contributed by atoms with Gasteiger partial charge in [-0.1, -0.05) is 30.3 Å². The number of hydrogen-bond acceptors (Lipinski definition) is 2. The molecule has 0 atom stereocenters. The van der Waals surface area contributed by atoms with Crippen LogP contribution in [0.1, 0.15) is 29.9 Å². The number of hydrogen-bond donors (Lipinski definition) is 1. The highest BCUT2D eigenvalue weighted by Crippen LogP contribution is 2.51. The van der Waals surface area contributed by atoms with Gasteiger partial charge in [0.1, 0.15) is 5.82 Å². The molecule has 0 radical (unpaired) electrons. The molecule has 3 nitrogen and oxygen atoms in total. The Morgan fingerprint density at radius 3 is 2.50 bits per heavy atom. The molecule has 1 heterocycles. The maximum Gasteiger partial charge on any atom is 0.287 e. The molecule has 3 rings (SSSR count). The van der Waals surface area contributed by atoms with Crippen LogP contribution in [0.4, 0.5) is 4.39 Å². The lowest BCUT2D eigenvalue weighted by Crippen LogP contribution is -2.23. The van der Waals surface area contributed by atoms with Crippen molar-refractivity contribution in [1.82, 2.24) is 9.97 Å². The predicted molar refractivity (Wildman–Crippen MR) is 66.0 cm³/mol. The summed E-state index contributed by atoms with van der Waals surface area (Å²) in [6.45, 7) is 1.52. The Kier molecular flexibility index (Phi) is 2.33. The molecule has 18 heavy (non-hydrogen) atoms. The third-order valence-electron chi connectivity index (χ3n) is 3.56. The summed E-state index contributed by atoms with van der Waals surface area (Å²) in [5, 5.41) is 0. The van der Waals surface area contributed by atoms with E-state index in [4.69, 9.17) is 0 Å². The lowest BCUT2D eigenvalue weighted by atomic mass is 9.95. The molecule has 0 bridgehead atoms. The van der Waals surface area contributed by atoms with E-state index >= 15 is 0 Å². The van der Waals surface area contributed by atoms with Crippen molar-refractivity contribution in [1.29, 1.82) is 0 Å². The molecule has 1 aromatic heterocycles. The Balaban J connectivity index is 2.14. The molecular weight excluding hydrogens is 231 g/mol. The molecule has 0 spiro atoms. The molecule has 2 aromatic rings. The number of aryl methyl sites for hydroxylation is 1. The summed E-state index contributed by atoms with van der Waals surface area (Å²) >= 11 is 0. The number of benzene rings is 1. The highest BCUT2D eigenvalue weighted by atomic mass is 19.1. The van der Waals surface area contributed by atoms with Gasteiger partial charge < -0.3 is 4.98 Å². The molecule has 0 aliphatic heterocycles. The zero-order valence-corrected chi connectivity index (χ0v) is 10.0. The summed E-state index contributed by atoms with van der Waals surface area (Å²) < 4.78 is 13.3. The first-order valence-corrected chi connectivity index (χ1v) is 5.96. The number of nitrogens with one attached hydrogen (secondary N) is 1. The number of nitrogens with zero attached hydrogens (tertiary/aromatic N) is 1. The van der Waals surface area contributed by atoms with Gasteiger partial charge in [0.15, 0.2) is 0 Å². The van der Waals surface area contributed by atoms with Gasteiger partial charge >= 0.3 is 0 Å². The lowest BCUT2D eigenvalue weighted by Gasteiger charge is -2.15. The summed E-state index contributed by atoms with van der Waals surface area (Å²) in [6.07, 6.45) is 1.87. The molecule has 1 aromatic carbocycles. The smallest absolute Gasteiger partial charge is 0.287 e. The van der Waals surface area contributed by atoms with E-state index < -0.39 is 11.4 Å². The second kappa shape index (κ2) is 3.77. The highest BCUT2D eigenvalue weighted by molar-refractivity contribution is 5.39. The quantitative estimate of drug-likeness (QED) is 0.881. The first kappa shape index (κ1) is 11.1. The monoisotopic (exact) mass is 244 g/mol. The summed E-state index contributed by atoms with van der Waals surface area (Å²) in [6, 6.07) is 9.91. The van der Waals surface area contributed by atoms with Crippen LogP contribution in [-0.4, -0.2) is 9.97 Å². The Morgan fingerprint density at radius 1 is 1.28 bits per heavy atom. The Bertz CT molecular complexity index is 645. The normalized spacial score (nSPS) is 16.6. The van der Waals surface area contributed by atoms with E-state index in [1.807, 2.05) is 30.3 Å². The standard InChI is InChI=1S/C14H13FN2O/c1-9-11(15)12(18)17-13(16-9)14(7-8-14)10-5-3-2-4-6-10/h2-6H,7-8H2,1H3,(H,16,17,18). The second-order valence-electron chi connectivity index (χ2n) is 4.76. The summed E-state index contributed by atoms with van der Waals surface area (Å²) in [7, 11) is 0. The molecule has 92 valence electrons. The molecule has 1 aliphatic rings. The summed E-state index contributed by atoms with van der Waals surface area (Å²) in [5.41, 5.74) is 0.383. The Labute approximate surface area is 104 Å². The van der Waals surface area contributed by atoms with Crippen LogP contribution in [0.2, 0.25) is 0 Å². The van der Waals surface area contributed by atoms with E-state index in [1.165, 1.54) is 6.92 Å². The van der Waals surface area contributed by atoms with Crippen molar-refractivity contribution in [3.05, 3.63) is 63.6 Å². The van der Waals surface area contributed by atoms with Crippen molar-refractivity contribution in [2.24, 2.45) is 0 Å². The van der Waals surface area contributed by atoms with Gasteiger partial charge in [0, 0.05) is 0 Å². The fraction of sp³-hybridized carbons (Fsp3) is 0.286. The van der Waals surface area contributed by atoms with Crippen molar-refractivity contribution in [3.8, 4) is 0 Å². The van der Waals surface area contributed by atoms with Gasteiger partial charge in [-0.05, 0) is 25.3 Å². The topological polar surface area (TPSA) is 45.8 Å². The van der Waals surface area contributed by atoms with Gasteiger partial charge in [0.2, 0.25) is 5.82 Å². The van der Waals surface area contributed by atoms with Gasteiger partial charge in [0.25, 0.3) is 5.56 Å². The van der Waals surface area contributed by atoms with Crippen molar-refractivity contribution in [2.75, 3.05) is 0 Å². The fourth-order valence-corrected chi connectivity index (χ4v) is 2.34. The summed E-state index contributed by atoms with van der Waals surface area (Å²) in [5.74, 6) is -0.208. The third kappa shape index (κ3) is 1.56. The molecule has 1 aliphatic carbocycles. The predicted octanol–water partition coefficient (Wildman–Crippen LogP) is 2.30. The zero-order valence-electron chi connectivity index (χ0n) is 10.0. The number of aromatic amines is 1. The van der Waals surface area contributed by atoms with Crippen molar-refractivity contribution < 1.29 is 4.39 Å². The van der Waals surface area contributed by atoms with E-state index in [0.717, 1.165) is 18.4 Å². The van der Waals surface area contributed by atoms with Gasteiger partial charge in [-0.2, -0.15) is 4.39 Å². The Hall–Kier alpha value is -1.97. The molecule has 1 N–H and O–H groups in total. The number of H-pyrrole nitrogens is 1. The van der Waals surface area contributed by atoms with Gasteiger partial charge in [-0.15, -0.1) is 0 Å². The molecule has 0 saturated heterocycles. The third-order valence-corrected chi connectivity index (χ3v) is 3.56. The van der Waals surface area contributed by atoms with Gasteiger partial charge in [0.05, 0.1) is 11.1 Å². The number of rotatable bonds is 2. The second-order valence-corrected chi connectivity index (χ2v) is 4.76. The number of aromatic nitrogens is 2. The van der Waals surface area contributed by atoms with Crippen molar-refractivity contribution >= 4 is 0 Å². The minimum Gasteiger partial charge on any atom is -0.307 e. The average Bonchev–Trinajstić information content (AvgIpc) is 3.18. The first-order valence-electron chi connectivity index (χ1n) is 5.96. The van der Waals surface area contributed by atoms with Gasteiger partial charge in [-0.3, -0.25) is 4.79 Å². The minimum atomic E-state index is -0.789. The minimum absolute atomic E-state index is 0.163. The SMILES string of the molecule is Cc1nc(C2(c3ccccc3)CC2)[nH]c(=O)c1F. The molecule has 0 amide bonds. The maximum atomic E-state index is 13.3. The van der Waals surface area contributed by atoms with Crippen LogP contribution in [0, 0.1) is 12.7 Å². The fourth-order valence-electron chi connectivity index (χ4n) is 2.34. The van der Waals surface area contributed by atoms with E-state index in [2.05, 4.69) is 9.97 Å². The molecular formula is C14H13FN2O. The molecule has 4 heteroatoms. The van der Waals surface area contributed by atoms with Crippen molar-refractivity contribution in [2.45, 2.75) is 25.2 Å². The largest absolute Gasteiger partial charge is 0.307 e. The molecule has 0 unspecified atom stereocenters. The Morgan fingerprint density at radius 2 is 1.94 bits per heavy atom. The van der Waals surface area contributed by atoms with E-state index in [1.54, 1.807) is 0 Å². The van der Waals surface area contributed by atoms with Gasteiger partial charge in [-0.25, -0.2) is 4.98 Å². The molecule has 1 fully saturated rings. The van der Waals surface area contributed by atoms with Crippen LogP contribution in [0.15, 0.2) is 35.1 Å². The maximum absolute atomic E-state index is 13.3. The lowest BCUT2D eigenvalue weighted by molar-refractivity contribution is 0.574.